The van der Waals surface area contributed by atoms with Gasteiger partial charge in [-0.05, 0) is 76.9 Å². The van der Waals surface area contributed by atoms with Crippen LogP contribution in [-0.2, 0) is 15.8 Å². The fraction of sp³-hybridized carbons (Fsp3) is 0.240. The Kier molecular flexibility index (Phi) is 8.52. The third kappa shape index (κ3) is 5.29. The number of anilines is 1. The van der Waals surface area contributed by atoms with Crippen molar-refractivity contribution in [3.63, 3.8) is 0 Å². The number of fused-ring (bicyclic) bond motifs is 9. The molecule has 3 heterocycles. The third-order valence-electron chi connectivity index (χ3n) is 12.6. The van der Waals surface area contributed by atoms with Gasteiger partial charge in [0, 0.05) is 51.7 Å². The van der Waals surface area contributed by atoms with Gasteiger partial charge in [0.1, 0.15) is 5.75 Å². The molecule has 2 aliphatic heterocycles. The molecule has 0 saturated carbocycles. The molecule has 57 heavy (non-hydrogen) atoms. The number of benzene rings is 6. The van der Waals surface area contributed by atoms with Crippen molar-refractivity contribution in [2.24, 2.45) is 0 Å². The number of ether oxygens (including phenoxy) is 4. The highest BCUT2D eigenvalue weighted by atomic mass is 16.5. The van der Waals surface area contributed by atoms with Gasteiger partial charge in [0.15, 0.2) is 17.3 Å². The van der Waals surface area contributed by atoms with E-state index in [0.717, 1.165) is 81.4 Å². The van der Waals surface area contributed by atoms with Crippen molar-refractivity contribution in [1.29, 1.82) is 0 Å². The molecule has 0 amide bonds. The number of morpholine rings is 1. The van der Waals surface area contributed by atoms with E-state index in [1.54, 1.807) is 14.2 Å². The van der Waals surface area contributed by atoms with Crippen LogP contribution in [0.4, 0.5) is 5.69 Å². The van der Waals surface area contributed by atoms with E-state index in [9.17, 15) is 0 Å². The van der Waals surface area contributed by atoms with Crippen LogP contribution in [0.15, 0.2) is 121 Å². The fourth-order valence-electron chi connectivity index (χ4n) is 9.69. The van der Waals surface area contributed by atoms with Gasteiger partial charge in [-0.25, -0.2) is 9.97 Å². The van der Waals surface area contributed by atoms with Gasteiger partial charge < -0.3 is 23.8 Å². The highest BCUT2D eigenvalue weighted by Crippen LogP contribution is 2.61. The lowest BCUT2D eigenvalue weighted by Crippen LogP contribution is -2.38. The molecule has 1 aromatic heterocycles. The Morgan fingerprint density at radius 1 is 0.719 bits per heavy atom. The lowest BCUT2D eigenvalue weighted by molar-refractivity contribution is 0.122. The van der Waals surface area contributed by atoms with Crippen LogP contribution >= 0.6 is 0 Å². The van der Waals surface area contributed by atoms with Crippen molar-refractivity contribution in [3.05, 3.63) is 149 Å². The molecule has 1 unspecified atom stereocenters. The van der Waals surface area contributed by atoms with Crippen molar-refractivity contribution in [3.8, 4) is 39.6 Å². The van der Waals surface area contributed by atoms with Gasteiger partial charge in [0.05, 0.1) is 38.6 Å². The summed E-state index contributed by atoms with van der Waals surface area (Å²) < 4.78 is 25.4. The maximum atomic E-state index is 7.77. The number of rotatable bonds is 8. The first-order chi connectivity index (χ1) is 28.0. The van der Waals surface area contributed by atoms with Crippen molar-refractivity contribution in [2.45, 2.75) is 37.7 Å². The minimum atomic E-state index is -1.19. The second-order valence-electron chi connectivity index (χ2n) is 15.2. The Labute approximate surface area is 333 Å². The minimum Gasteiger partial charge on any atom is -0.493 e. The predicted octanol–water partition coefficient (Wildman–Crippen LogP) is 10.7. The van der Waals surface area contributed by atoms with Crippen LogP contribution < -0.4 is 19.1 Å². The highest BCUT2D eigenvalue weighted by Gasteiger charge is 2.48. The molecule has 7 heteroatoms. The molecule has 0 spiro atoms. The van der Waals surface area contributed by atoms with E-state index in [4.69, 9.17) is 28.9 Å². The van der Waals surface area contributed by atoms with Crippen LogP contribution in [0.3, 0.4) is 0 Å². The van der Waals surface area contributed by atoms with E-state index in [2.05, 4.69) is 128 Å². The van der Waals surface area contributed by atoms with E-state index in [0.29, 0.717) is 30.5 Å². The molecule has 0 radical (unpaired) electrons. The predicted molar refractivity (Wildman–Crippen MR) is 229 cm³/mol. The molecule has 284 valence electrons. The number of hydrogen-bond acceptors (Lipinski definition) is 7. The van der Waals surface area contributed by atoms with Gasteiger partial charge in [-0.1, -0.05) is 105 Å². The molecule has 1 atom stereocenters. The summed E-state index contributed by atoms with van der Waals surface area (Å²) in [6.07, 6.45) is 6.37. The van der Waals surface area contributed by atoms with E-state index in [-0.39, 0.29) is 5.41 Å². The lowest BCUT2D eigenvalue weighted by Gasteiger charge is -2.38. The molecule has 10 rings (SSSR count). The molecule has 7 nitrogen and oxygen atoms in total. The van der Waals surface area contributed by atoms with Gasteiger partial charge >= 0.3 is 0 Å². The number of nitrogens with zero attached hydrogens (tertiary/aromatic N) is 3. The molecular weight excluding hydrogens is 707 g/mol. The van der Waals surface area contributed by atoms with Crippen molar-refractivity contribution in [1.82, 2.24) is 9.97 Å². The molecule has 1 saturated heterocycles. The highest BCUT2D eigenvalue weighted by molar-refractivity contribution is 6.09. The Balaban J connectivity index is 1.28. The number of para-hydroxylation sites is 1. The van der Waals surface area contributed by atoms with Crippen LogP contribution in [0.5, 0.6) is 17.2 Å². The average Bonchev–Trinajstić information content (AvgIpc) is 3.59. The van der Waals surface area contributed by atoms with Crippen LogP contribution in [-0.4, -0.2) is 50.5 Å². The fourth-order valence-corrected chi connectivity index (χ4v) is 9.69. The first-order valence-corrected chi connectivity index (χ1v) is 20.0. The zero-order valence-electron chi connectivity index (χ0n) is 32.8. The van der Waals surface area contributed by atoms with E-state index in [1.165, 1.54) is 22.3 Å². The summed E-state index contributed by atoms with van der Waals surface area (Å²) in [6.45, 7) is 7.75. The SMILES string of the molecule is CCC1(CC)c2ccccc2-c2c1c1c(c3cc(OC)c(OC)cc23)OC(c2ccc(N3CCOCC3)cc2)(c2nc(-c3ccccc3)c3ccccc3n2)C=C1. The zero-order chi connectivity index (χ0) is 38.7. The van der Waals surface area contributed by atoms with E-state index >= 15 is 0 Å². The van der Waals surface area contributed by atoms with Crippen LogP contribution in [0.1, 0.15) is 54.8 Å². The second kappa shape index (κ2) is 13.8. The molecule has 1 fully saturated rings. The first kappa shape index (κ1) is 35.2. The summed E-state index contributed by atoms with van der Waals surface area (Å²) in [4.78, 5) is 13.2. The smallest absolute Gasteiger partial charge is 0.212 e. The number of hydrogen-bond donors (Lipinski definition) is 0. The summed E-state index contributed by atoms with van der Waals surface area (Å²) in [5, 5.41) is 3.00. The summed E-state index contributed by atoms with van der Waals surface area (Å²) in [7, 11) is 3.39. The molecule has 0 N–H and O–H groups in total. The second-order valence-corrected chi connectivity index (χ2v) is 15.2. The molecular formula is C50H45N3O4. The molecule has 6 aromatic carbocycles. The van der Waals surface area contributed by atoms with Crippen molar-refractivity contribution >= 4 is 33.4 Å². The summed E-state index contributed by atoms with van der Waals surface area (Å²) in [5.74, 6) is 2.66. The van der Waals surface area contributed by atoms with Crippen LogP contribution in [0.2, 0.25) is 0 Å². The average molecular weight is 752 g/mol. The molecule has 1 aliphatic carbocycles. The first-order valence-electron chi connectivity index (χ1n) is 20.0. The molecule has 7 aromatic rings. The molecule has 3 aliphatic rings. The monoisotopic (exact) mass is 751 g/mol. The minimum absolute atomic E-state index is 0.217. The van der Waals surface area contributed by atoms with Gasteiger partial charge in [-0.2, -0.15) is 0 Å². The Morgan fingerprint density at radius 2 is 1.40 bits per heavy atom. The lowest BCUT2D eigenvalue weighted by atomic mass is 9.71. The summed E-state index contributed by atoms with van der Waals surface area (Å²) in [5.41, 5.74) is 9.61. The zero-order valence-corrected chi connectivity index (χ0v) is 32.8. The molecule has 0 bridgehead atoms. The van der Waals surface area contributed by atoms with Gasteiger partial charge in [0.2, 0.25) is 5.60 Å². The largest absolute Gasteiger partial charge is 0.493 e. The Bertz CT molecular complexity index is 2700. The normalized spacial score (nSPS) is 17.9. The van der Waals surface area contributed by atoms with Gasteiger partial charge in [0.25, 0.3) is 0 Å². The Hall–Kier alpha value is -6.18. The maximum Gasteiger partial charge on any atom is 0.212 e. The van der Waals surface area contributed by atoms with Crippen LogP contribution in [0.25, 0.3) is 50.1 Å². The van der Waals surface area contributed by atoms with Gasteiger partial charge in [-0.3, -0.25) is 0 Å². The summed E-state index contributed by atoms with van der Waals surface area (Å²) >= 11 is 0. The van der Waals surface area contributed by atoms with Gasteiger partial charge in [-0.15, -0.1) is 0 Å². The van der Waals surface area contributed by atoms with Crippen molar-refractivity contribution < 1.29 is 18.9 Å². The van der Waals surface area contributed by atoms with E-state index in [1.807, 2.05) is 18.2 Å². The van der Waals surface area contributed by atoms with E-state index < -0.39 is 5.60 Å². The topological polar surface area (TPSA) is 65.9 Å². The third-order valence-corrected chi connectivity index (χ3v) is 12.6. The van der Waals surface area contributed by atoms with Crippen molar-refractivity contribution in [2.75, 3.05) is 45.4 Å². The summed E-state index contributed by atoms with van der Waals surface area (Å²) in [6, 6.07) is 40.5. The standard InChI is InChI=1S/C50H45N3O4/c1-5-49(6-2)40-18-12-10-16-35(40)44-38-30-42(54-3)43(55-4)31-39(38)47-37(45(44)49)24-25-50(57-47,33-20-22-34(23-21-33)53-26-28-56-29-27-53)48-51-41-19-13-11-17-36(41)46(52-48)32-14-8-7-9-15-32/h7-25,30-31H,5-6,26-29H2,1-4H3. The Morgan fingerprint density at radius 3 is 2.14 bits per heavy atom. The quantitative estimate of drug-likeness (QED) is 0.153. The number of aromatic nitrogens is 2. The maximum absolute atomic E-state index is 7.77. The number of methoxy groups -OCH3 is 2. The van der Waals surface area contributed by atoms with Crippen LogP contribution in [0, 0.1) is 0 Å².